The van der Waals surface area contributed by atoms with E-state index in [1.54, 1.807) is 7.11 Å². The summed E-state index contributed by atoms with van der Waals surface area (Å²) in [6, 6.07) is 9.72. The summed E-state index contributed by atoms with van der Waals surface area (Å²) in [5.74, 6) is -0.874. The fourth-order valence-corrected chi connectivity index (χ4v) is 3.20. The lowest BCUT2D eigenvalue weighted by Gasteiger charge is -2.39. The molecule has 6 nitrogen and oxygen atoms in total. The summed E-state index contributed by atoms with van der Waals surface area (Å²) in [7, 11) is 1.58. The number of carbonyl (C=O) groups is 2. The molecular weight excluding hydrogens is 308 g/mol. The van der Waals surface area contributed by atoms with Crippen molar-refractivity contribution in [3.8, 4) is 0 Å². The number of likely N-dealkylation sites (tertiary alicyclic amines) is 1. The highest BCUT2D eigenvalue weighted by atomic mass is 16.5. The monoisotopic (exact) mass is 334 g/mol. The number of methoxy groups -OCH3 is 1. The maximum Gasteiger partial charge on any atom is 0.311 e. The molecule has 132 valence electrons. The molecule has 1 aliphatic rings. The molecule has 1 fully saturated rings. The van der Waals surface area contributed by atoms with Crippen LogP contribution in [-0.4, -0.2) is 55.2 Å². The van der Waals surface area contributed by atoms with Crippen molar-refractivity contribution < 1.29 is 19.4 Å². The van der Waals surface area contributed by atoms with E-state index >= 15 is 0 Å². The molecule has 1 aromatic carbocycles. The Bertz CT molecular complexity index is 549. The topological polar surface area (TPSA) is 78.9 Å². The average Bonchev–Trinajstić information content (AvgIpc) is 2.59. The molecule has 1 saturated heterocycles. The third-order valence-corrected chi connectivity index (χ3v) is 4.59. The van der Waals surface area contributed by atoms with Crippen LogP contribution in [0.4, 0.5) is 0 Å². The van der Waals surface area contributed by atoms with Crippen LogP contribution in [0.3, 0.4) is 0 Å². The molecule has 1 amide bonds. The van der Waals surface area contributed by atoms with Crippen LogP contribution in [0.2, 0.25) is 0 Å². The van der Waals surface area contributed by atoms with Crippen LogP contribution in [0.15, 0.2) is 30.3 Å². The van der Waals surface area contributed by atoms with Gasteiger partial charge in [-0.05, 0) is 31.4 Å². The first kappa shape index (κ1) is 18.4. The number of amides is 1. The van der Waals surface area contributed by atoms with E-state index in [1.165, 1.54) is 0 Å². The maximum absolute atomic E-state index is 12.2. The summed E-state index contributed by atoms with van der Waals surface area (Å²) in [5, 5.41) is 12.5. The lowest BCUT2D eigenvalue weighted by molar-refractivity contribution is -0.154. The number of benzene rings is 1. The van der Waals surface area contributed by atoms with Crippen LogP contribution >= 0.6 is 0 Å². The van der Waals surface area contributed by atoms with Gasteiger partial charge in [-0.2, -0.15) is 0 Å². The Morgan fingerprint density at radius 3 is 2.75 bits per heavy atom. The number of carboxylic acid groups (broad SMARTS) is 1. The second kappa shape index (κ2) is 8.80. The number of rotatable bonds is 8. The molecule has 2 N–H and O–H groups in total. The fraction of sp³-hybridized carbons (Fsp3) is 0.556. The Morgan fingerprint density at radius 2 is 2.08 bits per heavy atom. The third-order valence-electron chi connectivity index (χ3n) is 4.59. The second-order valence-electron chi connectivity index (χ2n) is 6.40. The molecule has 0 aliphatic carbocycles. The maximum atomic E-state index is 12.2. The minimum atomic E-state index is -0.812. The molecule has 1 heterocycles. The van der Waals surface area contributed by atoms with Crippen molar-refractivity contribution in [3.05, 3.63) is 35.9 Å². The number of hydrogen-bond donors (Lipinski definition) is 2. The normalized spacial score (nSPS) is 21.4. The van der Waals surface area contributed by atoms with Crippen LogP contribution in [0.25, 0.3) is 0 Å². The predicted molar refractivity (Wildman–Crippen MR) is 90.5 cm³/mol. The van der Waals surface area contributed by atoms with Crippen LogP contribution in [0, 0.1) is 5.41 Å². The highest BCUT2D eigenvalue weighted by molar-refractivity contribution is 5.78. The van der Waals surface area contributed by atoms with Gasteiger partial charge in [0.15, 0.2) is 0 Å². The van der Waals surface area contributed by atoms with Gasteiger partial charge in [-0.25, -0.2) is 0 Å². The molecule has 1 aliphatic heterocycles. The van der Waals surface area contributed by atoms with Gasteiger partial charge in [0.2, 0.25) is 5.91 Å². The van der Waals surface area contributed by atoms with Gasteiger partial charge in [-0.15, -0.1) is 0 Å². The first-order valence-electron chi connectivity index (χ1n) is 8.31. The van der Waals surface area contributed by atoms with Gasteiger partial charge in [0.05, 0.1) is 12.0 Å². The number of carbonyl (C=O) groups excluding carboxylic acids is 1. The first-order valence-corrected chi connectivity index (χ1v) is 8.31. The van der Waals surface area contributed by atoms with E-state index < -0.39 is 11.4 Å². The first-order chi connectivity index (χ1) is 11.6. The van der Waals surface area contributed by atoms with Gasteiger partial charge in [0.1, 0.15) is 0 Å². The van der Waals surface area contributed by atoms with Gasteiger partial charge in [-0.3, -0.25) is 14.5 Å². The van der Waals surface area contributed by atoms with Crippen molar-refractivity contribution in [2.24, 2.45) is 5.41 Å². The highest BCUT2D eigenvalue weighted by Crippen LogP contribution is 2.33. The number of hydrogen-bond acceptors (Lipinski definition) is 4. The number of ether oxygens (including phenoxy) is 1. The zero-order valence-corrected chi connectivity index (χ0v) is 14.2. The Hall–Kier alpha value is -1.92. The number of carboxylic acids is 1. The molecule has 1 atom stereocenters. The lowest BCUT2D eigenvalue weighted by atomic mass is 9.77. The molecule has 0 aromatic heterocycles. The summed E-state index contributed by atoms with van der Waals surface area (Å²) in [6.07, 6.45) is 1.89. The van der Waals surface area contributed by atoms with Gasteiger partial charge >= 0.3 is 5.97 Å². The fourth-order valence-electron chi connectivity index (χ4n) is 3.20. The third kappa shape index (κ3) is 5.04. The Balaban J connectivity index is 1.87. The number of piperidine rings is 1. The number of nitrogens with zero attached hydrogens (tertiary/aromatic N) is 1. The van der Waals surface area contributed by atoms with Gasteiger partial charge in [0.25, 0.3) is 0 Å². The Morgan fingerprint density at radius 1 is 1.33 bits per heavy atom. The van der Waals surface area contributed by atoms with Crippen molar-refractivity contribution in [2.75, 3.05) is 33.4 Å². The van der Waals surface area contributed by atoms with Crippen LogP contribution < -0.4 is 5.32 Å². The van der Waals surface area contributed by atoms with Crippen molar-refractivity contribution in [1.29, 1.82) is 0 Å². The summed E-state index contributed by atoms with van der Waals surface area (Å²) >= 11 is 0. The molecule has 6 heteroatoms. The molecule has 1 aromatic rings. The second-order valence-corrected chi connectivity index (χ2v) is 6.40. The zero-order valence-electron chi connectivity index (χ0n) is 14.2. The molecular formula is C18H26N2O4. The van der Waals surface area contributed by atoms with Crippen molar-refractivity contribution in [2.45, 2.75) is 25.8 Å². The largest absolute Gasteiger partial charge is 0.481 e. The summed E-state index contributed by atoms with van der Waals surface area (Å²) in [5.41, 5.74) is 0.234. The Labute approximate surface area is 142 Å². The van der Waals surface area contributed by atoms with E-state index in [2.05, 4.69) is 5.32 Å². The summed E-state index contributed by atoms with van der Waals surface area (Å²) < 4.78 is 5.06. The minimum absolute atomic E-state index is 0.0771. The average molecular weight is 334 g/mol. The highest BCUT2D eigenvalue weighted by Gasteiger charge is 2.42. The lowest BCUT2D eigenvalue weighted by Crippen LogP contribution is -2.50. The summed E-state index contributed by atoms with van der Waals surface area (Å²) in [6.45, 7) is 2.28. The van der Waals surface area contributed by atoms with Gasteiger partial charge in [-0.1, -0.05) is 30.3 Å². The molecule has 24 heavy (non-hydrogen) atoms. The molecule has 2 rings (SSSR count). The van der Waals surface area contributed by atoms with Gasteiger partial charge in [0, 0.05) is 26.8 Å². The van der Waals surface area contributed by atoms with E-state index in [9.17, 15) is 14.7 Å². The smallest absolute Gasteiger partial charge is 0.311 e. The molecule has 0 bridgehead atoms. The molecule has 0 radical (unpaired) electrons. The van der Waals surface area contributed by atoms with Crippen molar-refractivity contribution >= 4 is 11.9 Å². The summed E-state index contributed by atoms with van der Waals surface area (Å²) in [4.78, 5) is 25.8. The standard InChI is InChI=1S/C18H26N2O4/c1-24-11-9-18(17(22)23)8-5-10-20(14-18)13-16(21)19-12-15-6-3-2-4-7-15/h2-4,6-7H,5,8-14H2,1H3,(H,19,21)(H,22,23). The van der Waals surface area contributed by atoms with E-state index in [1.807, 2.05) is 35.2 Å². The van der Waals surface area contributed by atoms with Crippen molar-refractivity contribution in [1.82, 2.24) is 10.2 Å². The predicted octanol–water partition coefficient (Wildman–Crippen LogP) is 1.51. The van der Waals surface area contributed by atoms with E-state index in [-0.39, 0.29) is 12.5 Å². The van der Waals surface area contributed by atoms with Crippen molar-refractivity contribution in [3.63, 3.8) is 0 Å². The zero-order chi connectivity index (χ0) is 17.4. The van der Waals surface area contributed by atoms with Crippen LogP contribution in [0.1, 0.15) is 24.8 Å². The number of nitrogens with one attached hydrogen (secondary N) is 1. The SMILES string of the molecule is COCCC1(C(=O)O)CCCN(CC(=O)NCc2ccccc2)C1. The Kier molecular flexibility index (Phi) is 6.75. The van der Waals surface area contributed by atoms with Gasteiger partial charge < -0.3 is 15.2 Å². The quantitative estimate of drug-likeness (QED) is 0.753. The van der Waals surface area contributed by atoms with Crippen LogP contribution in [-0.2, 0) is 20.9 Å². The van der Waals surface area contributed by atoms with E-state index in [0.29, 0.717) is 32.5 Å². The minimum Gasteiger partial charge on any atom is -0.481 e. The van der Waals surface area contributed by atoms with E-state index in [4.69, 9.17) is 4.74 Å². The number of aliphatic carboxylic acids is 1. The molecule has 0 spiro atoms. The van der Waals surface area contributed by atoms with Crippen LogP contribution in [0.5, 0.6) is 0 Å². The molecule has 0 saturated carbocycles. The molecule has 1 unspecified atom stereocenters. The van der Waals surface area contributed by atoms with E-state index in [0.717, 1.165) is 18.5 Å².